The lowest BCUT2D eigenvalue weighted by Crippen LogP contribution is -2.44. The lowest BCUT2D eigenvalue weighted by molar-refractivity contribution is -0.144. The van der Waals surface area contributed by atoms with Crippen LogP contribution in [-0.2, 0) is 14.4 Å². The number of amides is 3. The normalized spacial score (nSPS) is 40.9. The largest absolute Gasteiger partial charge is 0.326 e. The summed E-state index contributed by atoms with van der Waals surface area (Å²) in [4.78, 5) is 40.8. The number of imide groups is 1. The quantitative estimate of drug-likeness (QED) is 0.591. The van der Waals surface area contributed by atoms with Crippen LogP contribution in [0.3, 0.4) is 0 Å². The lowest BCUT2D eigenvalue weighted by Gasteiger charge is -2.37. The Kier molecular flexibility index (Phi) is 4.14. The molecule has 1 N–H and O–H groups in total. The number of halogens is 1. The number of likely N-dealkylation sites (tertiary alicyclic amines) is 1. The zero-order valence-electron chi connectivity index (χ0n) is 16.7. The van der Waals surface area contributed by atoms with E-state index in [1.165, 1.54) is 6.42 Å². The highest BCUT2D eigenvalue weighted by Crippen LogP contribution is 2.65. The van der Waals surface area contributed by atoms with Gasteiger partial charge < -0.3 is 5.32 Å². The fourth-order valence-electron chi connectivity index (χ4n) is 6.71. The van der Waals surface area contributed by atoms with Gasteiger partial charge in [0.15, 0.2) is 0 Å². The van der Waals surface area contributed by atoms with Crippen LogP contribution in [0.4, 0.5) is 5.69 Å². The topological polar surface area (TPSA) is 66.5 Å². The zero-order valence-corrected chi connectivity index (χ0v) is 17.4. The Morgan fingerprint density at radius 1 is 0.900 bits per heavy atom. The second-order valence-electron chi connectivity index (χ2n) is 9.70. The van der Waals surface area contributed by atoms with Gasteiger partial charge in [-0.25, -0.2) is 0 Å². The molecule has 3 amide bonds. The van der Waals surface area contributed by atoms with Gasteiger partial charge in [0, 0.05) is 22.7 Å². The molecule has 5 nitrogen and oxygen atoms in total. The van der Waals surface area contributed by atoms with Crippen LogP contribution in [0.2, 0.25) is 5.02 Å². The molecule has 2 bridgehead atoms. The molecule has 0 aromatic heterocycles. The van der Waals surface area contributed by atoms with Crippen molar-refractivity contribution in [2.45, 2.75) is 38.1 Å². The Bertz CT molecular complexity index is 914. The summed E-state index contributed by atoms with van der Waals surface area (Å²) >= 11 is 5.90. The van der Waals surface area contributed by atoms with E-state index in [0.29, 0.717) is 42.5 Å². The summed E-state index contributed by atoms with van der Waals surface area (Å²) < 4.78 is 0. The fraction of sp³-hybridized carbons (Fsp3) is 0.542. The van der Waals surface area contributed by atoms with Gasteiger partial charge in [0.1, 0.15) is 0 Å². The van der Waals surface area contributed by atoms with Crippen LogP contribution in [0.15, 0.2) is 36.4 Å². The van der Waals surface area contributed by atoms with Gasteiger partial charge >= 0.3 is 0 Å². The first kappa shape index (κ1) is 18.6. The summed E-state index contributed by atoms with van der Waals surface area (Å²) in [6.45, 7) is 0. The highest BCUT2D eigenvalue weighted by atomic mass is 35.5. The maximum Gasteiger partial charge on any atom is 0.233 e. The summed E-state index contributed by atoms with van der Waals surface area (Å²) in [5.74, 6) is 1.59. The number of allylic oxidation sites excluding steroid dienone is 2. The van der Waals surface area contributed by atoms with Gasteiger partial charge in [-0.3, -0.25) is 19.3 Å². The van der Waals surface area contributed by atoms with Gasteiger partial charge in [-0.05, 0) is 80.0 Å². The van der Waals surface area contributed by atoms with Crippen LogP contribution in [0.25, 0.3) is 0 Å². The van der Waals surface area contributed by atoms with E-state index in [-0.39, 0.29) is 53.4 Å². The molecule has 1 saturated heterocycles. The Hall–Kier alpha value is -2.14. The van der Waals surface area contributed by atoms with Crippen molar-refractivity contribution < 1.29 is 14.4 Å². The monoisotopic (exact) mass is 424 g/mol. The molecule has 3 saturated carbocycles. The Morgan fingerprint density at radius 2 is 1.47 bits per heavy atom. The molecular weight excluding hydrogens is 400 g/mol. The molecule has 7 rings (SSSR count). The lowest BCUT2D eigenvalue weighted by atomic mass is 9.63. The van der Waals surface area contributed by atoms with Gasteiger partial charge in [-0.2, -0.15) is 0 Å². The average Bonchev–Trinajstić information content (AvgIpc) is 3.53. The maximum atomic E-state index is 13.3. The first-order chi connectivity index (χ1) is 14.5. The molecule has 4 fully saturated rings. The molecule has 6 aliphatic rings. The van der Waals surface area contributed by atoms with Gasteiger partial charge in [-0.1, -0.05) is 23.8 Å². The third-order valence-electron chi connectivity index (χ3n) is 8.24. The van der Waals surface area contributed by atoms with Crippen LogP contribution >= 0.6 is 11.6 Å². The molecule has 0 spiro atoms. The molecule has 1 aromatic carbocycles. The van der Waals surface area contributed by atoms with Crippen molar-refractivity contribution in [2.24, 2.45) is 41.4 Å². The van der Waals surface area contributed by atoms with Crippen LogP contribution in [0, 0.1) is 41.4 Å². The number of nitrogens with one attached hydrogen (secondary N) is 1. The number of nitrogens with zero attached hydrogens (tertiary/aromatic N) is 1. The number of carbonyl (C=O) groups excluding carboxylic acids is 3. The molecule has 1 aromatic rings. The number of hydrogen-bond acceptors (Lipinski definition) is 3. The molecular formula is C24H25ClN2O3. The Balaban J connectivity index is 1.11. The number of rotatable bonds is 3. The summed E-state index contributed by atoms with van der Waals surface area (Å²) in [7, 11) is 0. The van der Waals surface area contributed by atoms with Crippen molar-refractivity contribution in [3.05, 3.63) is 41.4 Å². The van der Waals surface area contributed by atoms with Crippen molar-refractivity contribution in [1.29, 1.82) is 0 Å². The standard InChI is InChI=1S/C24H25ClN2O3/c25-13-3-5-14(6-4-13)26-22(28)12-1-7-15(8-2-12)27-23(29)20-16-9-10-17(19-11-18(16)19)21(20)24(27)30/h3-6,9-10,12,15-21H,1-2,7-8,11H2,(H,26,28)/t12?,15?,16-,17+,18-,19-,20+,21+/m1/s1. The molecule has 1 heterocycles. The van der Waals surface area contributed by atoms with E-state index < -0.39 is 0 Å². The van der Waals surface area contributed by atoms with E-state index in [1.807, 2.05) is 0 Å². The van der Waals surface area contributed by atoms with E-state index in [1.54, 1.807) is 29.2 Å². The van der Waals surface area contributed by atoms with Crippen LogP contribution in [0.5, 0.6) is 0 Å². The number of carbonyl (C=O) groups is 3. The number of benzene rings is 1. The van der Waals surface area contributed by atoms with E-state index in [0.717, 1.165) is 5.69 Å². The number of anilines is 1. The predicted molar refractivity (Wildman–Crippen MR) is 112 cm³/mol. The minimum Gasteiger partial charge on any atom is -0.326 e. The minimum absolute atomic E-state index is 0.00542. The molecule has 6 heteroatoms. The van der Waals surface area contributed by atoms with Gasteiger partial charge in [0.05, 0.1) is 11.8 Å². The second kappa shape index (κ2) is 6.68. The van der Waals surface area contributed by atoms with Crippen LogP contribution < -0.4 is 5.32 Å². The van der Waals surface area contributed by atoms with Crippen LogP contribution in [0.1, 0.15) is 32.1 Å². The van der Waals surface area contributed by atoms with Crippen molar-refractivity contribution in [1.82, 2.24) is 4.90 Å². The van der Waals surface area contributed by atoms with E-state index in [4.69, 9.17) is 11.6 Å². The molecule has 30 heavy (non-hydrogen) atoms. The van der Waals surface area contributed by atoms with Crippen LogP contribution in [-0.4, -0.2) is 28.7 Å². The second-order valence-corrected chi connectivity index (χ2v) is 10.1. The maximum absolute atomic E-state index is 13.3. The van der Waals surface area contributed by atoms with E-state index in [2.05, 4.69) is 17.5 Å². The van der Waals surface area contributed by atoms with E-state index >= 15 is 0 Å². The summed E-state index contributed by atoms with van der Waals surface area (Å²) in [5.41, 5.74) is 0.738. The number of hydrogen-bond donors (Lipinski definition) is 1. The first-order valence-corrected chi connectivity index (χ1v) is 11.5. The molecule has 6 atom stereocenters. The fourth-order valence-corrected chi connectivity index (χ4v) is 6.84. The van der Waals surface area contributed by atoms with Gasteiger partial charge in [0.25, 0.3) is 0 Å². The van der Waals surface area contributed by atoms with Crippen molar-refractivity contribution >= 4 is 35.0 Å². The predicted octanol–water partition coefficient (Wildman–Crippen LogP) is 3.89. The Labute approximate surface area is 180 Å². The van der Waals surface area contributed by atoms with Crippen molar-refractivity contribution in [3.63, 3.8) is 0 Å². The summed E-state index contributed by atoms with van der Waals surface area (Å²) in [5, 5.41) is 3.59. The van der Waals surface area contributed by atoms with Gasteiger partial charge in [0.2, 0.25) is 17.7 Å². The average molecular weight is 425 g/mol. The molecule has 156 valence electrons. The zero-order chi connectivity index (χ0) is 20.6. The molecule has 0 radical (unpaired) electrons. The Morgan fingerprint density at radius 3 is 2.03 bits per heavy atom. The SMILES string of the molecule is O=C(Nc1ccc(Cl)cc1)C1CCC(N2C(=O)[C@H]3[C@@H]4C=C[C@@H]([C@H]5C[C@H]45)[C@@H]3C2=O)CC1. The van der Waals surface area contributed by atoms with Crippen molar-refractivity contribution in [3.8, 4) is 0 Å². The molecule has 5 aliphatic carbocycles. The first-order valence-electron chi connectivity index (χ1n) is 11.1. The highest BCUT2D eigenvalue weighted by Gasteiger charge is 2.67. The highest BCUT2D eigenvalue weighted by molar-refractivity contribution is 6.30. The third kappa shape index (κ3) is 2.71. The van der Waals surface area contributed by atoms with Crippen molar-refractivity contribution in [2.75, 3.05) is 5.32 Å². The summed E-state index contributed by atoms with van der Waals surface area (Å²) in [6, 6.07) is 7.05. The van der Waals surface area contributed by atoms with Gasteiger partial charge in [-0.15, -0.1) is 0 Å². The smallest absolute Gasteiger partial charge is 0.233 e. The molecule has 0 unspecified atom stereocenters. The molecule has 1 aliphatic heterocycles. The summed E-state index contributed by atoms with van der Waals surface area (Å²) in [6.07, 6.45) is 8.44. The third-order valence-corrected chi connectivity index (χ3v) is 8.49. The minimum atomic E-state index is -0.123. The van der Waals surface area contributed by atoms with E-state index in [9.17, 15) is 14.4 Å².